The molecule has 2 unspecified atom stereocenters. The lowest BCUT2D eigenvalue weighted by molar-refractivity contribution is -0.132. The van der Waals surface area contributed by atoms with Crippen molar-refractivity contribution in [2.75, 3.05) is 18.8 Å². The van der Waals surface area contributed by atoms with Crippen LogP contribution in [-0.2, 0) is 4.79 Å². The molecule has 0 aliphatic carbocycles. The summed E-state index contributed by atoms with van der Waals surface area (Å²) in [6.07, 6.45) is 4.39. The average Bonchev–Trinajstić information content (AvgIpc) is 2.93. The third-order valence-electron chi connectivity index (χ3n) is 4.41. The van der Waals surface area contributed by atoms with Crippen LogP contribution in [0.5, 0.6) is 0 Å². The Balaban J connectivity index is 1.62. The van der Waals surface area contributed by atoms with Crippen LogP contribution in [0.15, 0.2) is 0 Å². The summed E-state index contributed by atoms with van der Waals surface area (Å²) in [7, 11) is 0. The number of rotatable bonds is 2. The molecule has 3 heterocycles. The van der Waals surface area contributed by atoms with Gasteiger partial charge in [-0.25, -0.2) is 0 Å². The Labute approximate surface area is 112 Å². The van der Waals surface area contributed by atoms with Crippen molar-refractivity contribution >= 4 is 17.7 Å². The van der Waals surface area contributed by atoms with Crippen molar-refractivity contribution in [1.29, 1.82) is 5.26 Å². The van der Waals surface area contributed by atoms with Gasteiger partial charge in [-0.1, -0.05) is 0 Å². The first-order chi connectivity index (χ1) is 8.79. The molecule has 0 spiro atoms. The highest BCUT2D eigenvalue weighted by atomic mass is 32.2. The lowest BCUT2D eigenvalue weighted by atomic mass is 9.87. The molecule has 3 fully saturated rings. The molecule has 98 valence electrons. The van der Waals surface area contributed by atoms with Crippen molar-refractivity contribution in [1.82, 2.24) is 10.2 Å². The number of nitrogens with zero attached hydrogens (tertiary/aromatic N) is 2. The van der Waals surface area contributed by atoms with E-state index in [-0.39, 0.29) is 23.2 Å². The van der Waals surface area contributed by atoms with Crippen molar-refractivity contribution in [3.05, 3.63) is 0 Å². The first kappa shape index (κ1) is 12.3. The zero-order chi connectivity index (χ0) is 12.5. The number of nitriles is 1. The first-order valence-corrected chi connectivity index (χ1v) is 7.88. The molecular weight excluding hydrogens is 246 g/mol. The van der Waals surface area contributed by atoms with E-state index in [4.69, 9.17) is 5.26 Å². The number of hydrogen-bond donors (Lipinski definition) is 1. The molecule has 0 saturated carbocycles. The predicted octanol–water partition coefficient (Wildman–Crippen LogP) is 1.19. The molecule has 1 N–H and O–H groups in total. The van der Waals surface area contributed by atoms with Gasteiger partial charge in [0, 0.05) is 11.7 Å². The molecule has 0 bridgehead atoms. The van der Waals surface area contributed by atoms with Gasteiger partial charge in [-0.3, -0.25) is 4.79 Å². The quantitative estimate of drug-likeness (QED) is 0.815. The van der Waals surface area contributed by atoms with Crippen molar-refractivity contribution < 1.29 is 4.79 Å². The summed E-state index contributed by atoms with van der Waals surface area (Å²) in [4.78, 5) is 14.2. The van der Waals surface area contributed by atoms with Crippen molar-refractivity contribution in [3.8, 4) is 6.07 Å². The van der Waals surface area contributed by atoms with Crippen LogP contribution in [0, 0.1) is 23.2 Å². The topological polar surface area (TPSA) is 56.1 Å². The molecule has 3 saturated heterocycles. The second-order valence-electron chi connectivity index (χ2n) is 5.54. The summed E-state index contributed by atoms with van der Waals surface area (Å²) in [5, 5.41) is 12.7. The molecule has 5 heteroatoms. The molecule has 18 heavy (non-hydrogen) atoms. The predicted molar refractivity (Wildman–Crippen MR) is 70.8 cm³/mol. The minimum Gasteiger partial charge on any atom is -0.317 e. The van der Waals surface area contributed by atoms with E-state index in [9.17, 15) is 4.79 Å². The fourth-order valence-electron chi connectivity index (χ4n) is 3.41. The molecule has 3 aliphatic rings. The van der Waals surface area contributed by atoms with Gasteiger partial charge in [0.15, 0.2) is 0 Å². The number of carbonyl (C=O) groups excluding carboxylic acids is 1. The van der Waals surface area contributed by atoms with Crippen LogP contribution in [0.4, 0.5) is 0 Å². The van der Waals surface area contributed by atoms with E-state index < -0.39 is 0 Å². The van der Waals surface area contributed by atoms with E-state index in [1.807, 2.05) is 4.90 Å². The van der Waals surface area contributed by atoms with Crippen molar-refractivity contribution in [3.63, 3.8) is 0 Å². The van der Waals surface area contributed by atoms with Crippen LogP contribution < -0.4 is 5.32 Å². The minimum atomic E-state index is -0.175. The standard InChI is InChI=1S/C13H19N3OS/c14-7-11-8-18-12-6-10(13(17)16(11)12)5-9-1-3-15-4-2-9/h9-12,15H,1-6,8H2/t10?,11?,12-/m0/s1. The molecular formula is C13H19N3OS. The van der Waals surface area contributed by atoms with Gasteiger partial charge < -0.3 is 10.2 Å². The number of fused-ring (bicyclic) bond motifs is 1. The Bertz CT molecular complexity index is 375. The second kappa shape index (κ2) is 5.10. The third kappa shape index (κ3) is 2.12. The SMILES string of the molecule is N#CC1CS[C@H]2CC(CC3CCNCC3)C(=O)N12. The van der Waals surface area contributed by atoms with E-state index >= 15 is 0 Å². The lowest BCUT2D eigenvalue weighted by Gasteiger charge is -2.25. The summed E-state index contributed by atoms with van der Waals surface area (Å²) in [6.45, 7) is 2.18. The van der Waals surface area contributed by atoms with Gasteiger partial charge in [0.2, 0.25) is 5.91 Å². The minimum absolute atomic E-state index is 0.175. The number of thioether (sulfide) groups is 1. The lowest BCUT2D eigenvalue weighted by Crippen LogP contribution is -2.37. The van der Waals surface area contributed by atoms with E-state index in [0.29, 0.717) is 5.92 Å². The molecule has 0 aromatic rings. The van der Waals surface area contributed by atoms with Gasteiger partial charge in [0.05, 0.1) is 11.4 Å². The van der Waals surface area contributed by atoms with Gasteiger partial charge >= 0.3 is 0 Å². The first-order valence-electron chi connectivity index (χ1n) is 6.83. The maximum atomic E-state index is 12.4. The molecule has 0 aromatic carbocycles. The number of amides is 1. The monoisotopic (exact) mass is 265 g/mol. The van der Waals surface area contributed by atoms with Gasteiger partial charge in [0.25, 0.3) is 0 Å². The van der Waals surface area contributed by atoms with E-state index in [2.05, 4.69) is 11.4 Å². The van der Waals surface area contributed by atoms with E-state index in [1.54, 1.807) is 11.8 Å². The normalized spacial score (nSPS) is 36.7. The van der Waals surface area contributed by atoms with Crippen molar-refractivity contribution in [2.45, 2.75) is 37.1 Å². The van der Waals surface area contributed by atoms with Crippen LogP contribution in [0.2, 0.25) is 0 Å². The largest absolute Gasteiger partial charge is 0.317 e. The second-order valence-corrected chi connectivity index (χ2v) is 6.75. The Morgan fingerprint density at radius 1 is 1.44 bits per heavy atom. The van der Waals surface area contributed by atoms with Crippen LogP contribution >= 0.6 is 11.8 Å². The van der Waals surface area contributed by atoms with Gasteiger partial charge in [-0.15, -0.1) is 11.8 Å². The maximum Gasteiger partial charge on any atom is 0.227 e. The number of nitrogens with one attached hydrogen (secondary N) is 1. The molecule has 4 nitrogen and oxygen atoms in total. The summed E-state index contributed by atoms with van der Waals surface area (Å²) in [5.41, 5.74) is 0. The highest BCUT2D eigenvalue weighted by Gasteiger charge is 2.47. The third-order valence-corrected chi connectivity index (χ3v) is 5.72. The Morgan fingerprint density at radius 2 is 2.22 bits per heavy atom. The van der Waals surface area contributed by atoms with Gasteiger partial charge in [0.1, 0.15) is 6.04 Å². The molecule has 0 radical (unpaired) electrons. The van der Waals surface area contributed by atoms with Gasteiger partial charge in [-0.05, 0) is 44.7 Å². The Morgan fingerprint density at radius 3 is 2.94 bits per heavy atom. The van der Waals surface area contributed by atoms with Gasteiger partial charge in [-0.2, -0.15) is 5.26 Å². The molecule has 0 aromatic heterocycles. The smallest absolute Gasteiger partial charge is 0.227 e. The van der Waals surface area contributed by atoms with E-state index in [1.165, 1.54) is 12.8 Å². The summed E-state index contributed by atoms with van der Waals surface area (Å²) >= 11 is 1.79. The molecule has 1 amide bonds. The van der Waals surface area contributed by atoms with Crippen molar-refractivity contribution in [2.24, 2.45) is 11.8 Å². The van der Waals surface area contributed by atoms with Crippen LogP contribution in [0.1, 0.15) is 25.7 Å². The summed E-state index contributed by atoms with van der Waals surface area (Å²) in [6, 6.07) is 2.09. The Hall–Kier alpha value is -0.730. The maximum absolute atomic E-state index is 12.4. The zero-order valence-corrected chi connectivity index (χ0v) is 11.3. The number of hydrogen-bond acceptors (Lipinski definition) is 4. The van der Waals surface area contributed by atoms with Crippen LogP contribution in [0.3, 0.4) is 0 Å². The molecule has 3 rings (SSSR count). The molecule has 3 aliphatic heterocycles. The number of piperidine rings is 1. The van der Waals surface area contributed by atoms with E-state index in [0.717, 1.165) is 31.7 Å². The number of carbonyl (C=O) groups is 1. The fraction of sp³-hybridized carbons (Fsp3) is 0.846. The highest BCUT2D eigenvalue weighted by molar-refractivity contribution is 8.00. The van der Waals surface area contributed by atoms with Crippen LogP contribution in [-0.4, -0.2) is 41.1 Å². The highest BCUT2D eigenvalue weighted by Crippen LogP contribution is 2.42. The zero-order valence-electron chi connectivity index (χ0n) is 10.5. The Kier molecular flexibility index (Phi) is 3.49. The van der Waals surface area contributed by atoms with Crippen LogP contribution in [0.25, 0.3) is 0 Å². The average molecular weight is 265 g/mol. The summed E-state index contributed by atoms with van der Waals surface area (Å²) in [5.74, 6) is 1.93. The molecule has 3 atom stereocenters. The summed E-state index contributed by atoms with van der Waals surface area (Å²) < 4.78 is 0. The fourth-order valence-corrected chi connectivity index (χ4v) is 4.83.